The van der Waals surface area contributed by atoms with E-state index in [1.54, 1.807) is 24.3 Å². The second kappa shape index (κ2) is 11.4. The van der Waals surface area contributed by atoms with Crippen molar-refractivity contribution in [3.63, 3.8) is 0 Å². The molecule has 4 atom stereocenters. The molecule has 0 spiro atoms. The van der Waals surface area contributed by atoms with E-state index in [0.29, 0.717) is 22.9 Å². The van der Waals surface area contributed by atoms with E-state index in [2.05, 4.69) is 15.4 Å². The molecule has 2 fully saturated rings. The molecule has 2 aliphatic heterocycles. The molecule has 39 heavy (non-hydrogen) atoms. The van der Waals surface area contributed by atoms with Gasteiger partial charge in [-0.1, -0.05) is 18.2 Å². The minimum Gasteiger partial charge on any atom is -0.457 e. The summed E-state index contributed by atoms with van der Waals surface area (Å²) >= 11 is 0. The Hall–Kier alpha value is -3.97. The first-order valence-corrected chi connectivity index (χ1v) is 13.7. The van der Waals surface area contributed by atoms with Crippen LogP contribution in [0.4, 0.5) is 16.2 Å². The molecule has 0 radical (unpaired) electrons. The molecule has 2 amide bonds. The Morgan fingerprint density at radius 3 is 2.10 bits per heavy atom. The summed E-state index contributed by atoms with van der Waals surface area (Å²) < 4.78 is 51.1. The van der Waals surface area contributed by atoms with Gasteiger partial charge in [-0.15, -0.1) is 0 Å². The molecule has 0 unspecified atom stereocenters. The molecule has 5 rings (SSSR count). The van der Waals surface area contributed by atoms with Gasteiger partial charge in [-0.3, -0.25) is 10.1 Å². The van der Waals surface area contributed by atoms with Crippen LogP contribution in [0.1, 0.15) is 6.92 Å². The Morgan fingerprint density at radius 1 is 0.795 bits per heavy atom. The van der Waals surface area contributed by atoms with Gasteiger partial charge >= 0.3 is 6.09 Å². The van der Waals surface area contributed by atoms with Gasteiger partial charge in [-0.2, -0.15) is 0 Å². The standard InChI is InChI=1S/C27H27N3O8S/c1-17(31)28-18-9-13-22(14-10-18)39(33,34)30-23-15-35-26-24(16-36-25(23)26)38-27(32)29-19-7-11-21(12-8-19)37-20-5-3-2-4-6-20/h2-14,23-26,30H,15-16H2,1H3,(H,28,31)(H,29,32)/t23-,24+,25+,26+/m0/s1. The summed E-state index contributed by atoms with van der Waals surface area (Å²) in [6.45, 7) is 1.49. The molecule has 3 N–H and O–H groups in total. The van der Waals surface area contributed by atoms with E-state index >= 15 is 0 Å². The molecule has 0 bridgehead atoms. The molecule has 204 valence electrons. The van der Waals surface area contributed by atoms with E-state index < -0.39 is 40.5 Å². The zero-order valence-electron chi connectivity index (χ0n) is 20.9. The zero-order valence-corrected chi connectivity index (χ0v) is 21.7. The van der Waals surface area contributed by atoms with Crippen molar-refractivity contribution in [3.8, 4) is 11.5 Å². The number of carbonyl (C=O) groups is 2. The number of hydrogen-bond donors (Lipinski definition) is 3. The number of nitrogens with one attached hydrogen (secondary N) is 3. The van der Waals surface area contributed by atoms with Gasteiger partial charge in [0.15, 0.2) is 6.10 Å². The van der Waals surface area contributed by atoms with Crippen LogP contribution in [0.2, 0.25) is 0 Å². The van der Waals surface area contributed by atoms with Crippen molar-refractivity contribution in [2.24, 2.45) is 0 Å². The van der Waals surface area contributed by atoms with Gasteiger partial charge in [-0.05, 0) is 60.7 Å². The van der Waals surface area contributed by atoms with Crippen LogP contribution in [0.25, 0.3) is 0 Å². The van der Waals surface area contributed by atoms with Crippen molar-refractivity contribution in [2.75, 3.05) is 23.8 Å². The van der Waals surface area contributed by atoms with Crippen molar-refractivity contribution in [3.05, 3.63) is 78.9 Å². The number of benzene rings is 3. The summed E-state index contributed by atoms with van der Waals surface area (Å²) in [5, 5.41) is 5.25. The molecule has 0 aromatic heterocycles. The number of ether oxygens (including phenoxy) is 4. The smallest absolute Gasteiger partial charge is 0.412 e. The van der Waals surface area contributed by atoms with E-state index in [-0.39, 0.29) is 24.0 Å². The molecule has 2 saturated heterocycles. The SMILES string of the molecule is CC(=O)Nc1ccc(S(=O)(=O)N[C@H]2CO[C@H]3[C@@H]2OC[C@H]3OC(=O)Nc2ccc(Oc3ccccc3)cc2)cc1. The number of anilines is 2. The van der Waals surface area contributed by atoms with Gasteiger partial charge in [0, 0.05) is 18.3 Å². The first kappa shape index (κ1) is 26.6. The summed E-state index contributed by atoms with van der Waals surface area (Å²) in [4.78, 5) is 23.7. The lowest BCUT2D eigenvalue weighted by Gasteiger charge is -2.18. The number of carbonyl (C=O) groups excluding carboxylic acids is 2. The number of para-hydroxylation sites is 1. The highest BCUT2D eigenvalue weighted by molar-refractivity contribution is 7.89. The van der Waals surface area contributed by atoms with Crippen LogP contribution >= 0.6 is 0 Å². The highest BCUT2D eigenvalue weighted by Gasteiger charge is 2.50. The molecule has 11 nitrogen and oxygen atoms in total. The van der Waals surface area contributed by atoms with Gasteiger partial charge in [0.1, 0.15) is 23.7 Å². The maximum absolute atomic E-state index is 12.9. The predicted molar refractivity (Wildman–Crippen MR) is 141 cm³/mol. The number of rotatable bonds is 8. The number of sulfonamides is 1. The van der Waals surface area contributed by atoms with Gasteiger partial charge in [0.25, 0.3) is 0 Å². The van der Waals surface area contributed by atoms with Crippen LogP contribution in [-0.2, 0) is 29.0 Å². The van der Waals surface area contributed by atoms with Crippen LogP contribution in [0.15, 0.2) is 83.8 Å². The second-order valence-electron chi connectivity index (χ2n) is 9.04. The van der Waals surface area contributed by atoms with Gasteiger partial charge < -0.3 is 24.3 Å². The summed E-state index contributed by atoms with van der Waals surface area (Å²) in [6.07, 6.45) is -2.63. The third-order valence-electron chi connectivity index (χ3n) is 6.14. The van der Waals surface area contributed by atoms with Crippen molar-refractivity contribution >= 4 is 33.4 Å². The highest BCUT2D eigenvalue weighted by Crippen LogP contribution is 2.30. The van der Waals surface area contributed by atoms with E-state index in [9.17, 15) is 18.0 Å². The predicted octanol–water partition coefficient (Wildman–Crippen LogP) is 3.50. The number of amides is 2. The Labute approximate surface area is 225 Å². The topological polar surface area (TPSA) is 141 Å². The minimum atomic E-state index is -3.89. The molecular formula is C27H27N3O8S. The van der Waals surface area contributed by atoms with E-state index in [1.807, 2.05) is 30.3 Å². The molecule has 12 heteroatoms. The van der Waals surface area contributed by atoms with Crippen LogP contribution in [0.3, 0.4) is 0 Å². The van der Waals surface area contributed by atoms with Crippen molar-refractivity contribution in [2.45, 2.75) is 36.2 Å². The third kappa shape index (κ3) is 6.55. The fourth-order valence-corrected chi connectivity index (χ4v) is 5.60. The lowest BCUT2D eigenvalue weighted by atomic mass is 10.1. The fourth-order valence-electron chi connectivity index (χ4n) is 4.37. The summed E-state index contributed by atoms with van der Waals surface area (Å²) in [6, 6.07) is 21.3. The monoisotopic (exact) mass is 553 g/mol. The summed E-state index contributed by atoms with van der Waals surface area (Å²) in [7, 11) is -3.89. The molecular weight excluding hydrogens is 526 g/mol. The second-order valence-corrected chi connectivity index (χ2v) is 10.8. The molecule has 0 aliphatic carbocycles. The van der Waals surface area contributed by atoms with Crippen molar-refractivity contribution in [1.29, 1.82) is 0 Å². The lowest BCUT2D eigenvalue weighted by molar-refractivity contribution is -0.114. The third-order valence-corrected chi connectivity index (χ3v) is 7.64. The Balaban J connectivity index is 1.13. The molecule has 3 aromatic carbocycles. The largest absolute Gasteiger partial charge is 0.457 e. The molecule has 2 heterocycles. The quantitative estimate of drug-likeness (QED) is 0.385. The summed E-state index contributed by atoms with van der Waals surface area (Å²) in [5.74, 6) is 1.06. The number of fused-ring (bicyclic) bond motifs is 1. The van der Waals surface area contributed by atoms with Gasteiger partial charge in [0.05, 0.1) is 24.2 Å². The lowest BCUT2D eigenvalue weighted by Crippen LogP contribution is -2.44. The minimum absolute atomic E-state index is 0.0328. The Bertz CT molecular complexity index is 1420. The van der Waals surface area contributed by atoms with Crippen LogP contribution in [-0.4, -0.2) is 58.0 Å². The Kier molecular flexibility index (Phi) is 7.79. The normalized spacial score (nSPS) is 22.1. The average Bonchev–Trinajstić information content (AvgIpc) is 3.49. The zero-order chi connectivity index (χ0) is 27.4. The fraction of sp³-hybridized carbons (Fsp3) is 0.259. The maximum Gasteiger partial charge on any atom is 0.412 e. The van der Waals surface area contributed by atoms with Crippen LogP contribution in [0, 0.1) is 0 Å². The first-order chi connectivity index (χ1) is 18.8. The molecule has 0 saturated carbocycles. The van der Waals surface area contributed by atoms with Crippen molar-refractivity contribution in [1.82, 2.24) is 4.72 Å². The average molecular weight is 554 g/mol. The van der Waals surface area contributed by atoms with E-state index in [1.165, 1.54) is 31.2 Å². The highest BCUT2D eigenvalue weighted by atomic mass is 32.2. The van der Waals surface area contributed by atoms with Crippen molar-refractivity contribution < 1.29 is 37.0 Å². The van der Waals surface area contributed by atoms with Gasteiger partial charge in [-0.25, -0.2) is 17.9 Å². The van der Waals surface area contributed by atoms with Crippen LogP contribution in [0.5, 0.6) is 11.5 Å². The van der Waals surface area contributed by atoms with E-state index in [4.69, 9.17) is 18.9 Å². The number of hydrogen-bond acceptors (Lipinski definition) is 8. The van der Waals surface area contributed by atoms with Crippen LogP contribution < -0.4 is 20.1 Å². The van der Waals surface area contributed by atoms with E-state index in [0.717, 1.165) is 0 Å². The molecule has 2 aliphatic rings. The Morgan fingerprint density at radius 2 is 1.41 bits per heavy atom. The first-order valence-electron chi connectivity index (χ1n) is 12.2. The summed E-state index contributed by atoms with van der Waals surface area (Å²) in [5.41, 5.74) is 0.998. The molecule has 3 aromatic rings. The van der Waals surface area contributed by atoms with Gasteiger partial charge in [0.2, 0.25) is 15.9 Å². The maximum atomic E-state index is 12.9.